The van der Waals surface area contributed by atoms with Crippen molar-refractivity contribution in [1.82, 2.24) is 0 Å². The summed E-state index contributed by atoms with van der Waals surface area (Å²) in [5, 5.41) is 11.0. The number of esters is 1. The Morgan fingerprint density at radius 3 is 2.74 bits per heavy atom. The molecule has 1 aromatic rings. The summed E-state index contributed by atoms with van der Waals surface area (Å²) in [6, 6.07) is 3.95. The molecule has 0 saturated carbocycles. The molecule has 0 spiro atoms. The van der Waals surface area contributed by atoms with E-state index in [0.717, 1.165) is 12.8 Å². The second kappa shape index (κ2) is 9.86. The monoisotopic (exact) mass is 380 g/mol. The molecule has 9 nitrogen and oxygen atoms in total. The van der Waals surface area contributed by atoms with Gasteiger partial charge >= 0.3 is 5.97 Å². The van der Waals surface area contributed by atoms with E-state index in [1.807, 2.05) is 0 Å². The number of carbonyl (C=O) groups excluding carboxylic acids is 2. The first-order valence-corrected chi connectivity index (χ1v) is 8.97. The van der Waals surface area contributed by atoms with Gasteiger partial charge in [-0.05, 0) is 18.9 Å². The van der Waals surface area contributed by atoms with Crippen molar-refractivity contribution in [1.29, 1.82) is 0 Å². The standard InChI is InChI=1S/C18H24N2O7/c1-3-5-8-25-9-10-26-17(21)12-19-14-11-13(20(23)24)6-7-16(14)27-15(4-2)18(19)22/h6-7,11,15H,3-5,8-10,12H2,1-2H3. The molecule has 148 valence electrons. The average molecular weight is 380 g/mol. The minimum absolute atomic E-state index is 0.0834. The van der Waals surface area contributed by atoms with Gasteiger partial charge in [-0.2, -0.15) is 0 Å². The van der Waals surface area contributed by atoms with Crippen LogP contribution in [0.5, 0.6) is 5.75 Å². The SMILES string of the molecule is CCCCOCCOC(=O)CN1C(=O)C(CC)Oc2ccc([N+](=O)[O-])cc21. The molecule has 1 atom stereocenters. The number of carbonyl (C=O) groups is 2. The van der Waals surface area contributed by atoms with Crippen LogP contribution in [0.1, 0.15) is 33.1 Å². The molecule has 0 bridgehead atoms. The number of amides is 1. The van der Waals surface area contributed by atoms with E-state index in [2.05, 4.69) is 6.92 Å². The number of nitrogens with zero attached hydrogens (tertiary/aromatic N) is 2. The average Bonchev–Trinajstić information content (AvgIpc) is 2.66. The predicted molar refractivity (Wildman–Crippen MR) is 96.8 cm³/mol. The van der Waals surface area contributed by atoms with Gasteiger partial charge in [-0.3, -0.25) is 24.6 Å². The number of rotatable bonds is 10. The molecule has 9 heteroatoms. The van der Waals surface area contributed by atoms with Crippen LogP contribution < -0.4 is 9.64 Å². The van der Waals surface area contributed by atoms with E-state index in [4.69, 9.17) is 14.2 Å². The second-order valence-corrected chi connectivity index (χ2v) is 6.03. The van der Waals surface area contributed by atoms with Crippen LogP contribution in [0.4, 0.5) is 11.4 Å². The fourth-order valence-electron chi connectivity index (χ4n) is 2.58. The first-order valence-electron chi connectivity index (χ1n) is 8.97. The lowest BCUT2D eigenvalue weighted by Crippen LogP contribution is -2.48. The Morgan fingerprint density at radius 2 is 2.07 bits per heavy atom. The van der Waals surface area contributed by atoms with Crippen LogP contribution in [0, 0.1) is 10.1 Å². The van der Waals surface area contributed by atoms with E-state index >= 15 is 0 Å². The Balaban J connectivity index is 2.05. The summed E-state index contributed by atoms with van der Waals surface area (Å²) >= 11 is 0. The number of hydrogen-bond donors (Lipinski definition) is 0. The largest absolute Gasteiger partial charge is 0.478 e. The van der Waals surface area contributed by atoms with Crippen LogP contribution >= 0.6 is 0 Å². The van der Waals surface area contributed by atoms with Crippen molar-refractivity contribution < 1.29 is 28.7 Å². The van der Waals surface area contributed by atoms with Gasteiger partial charge in [0.2, 0.25) is 0 Å². The van der Waals surface area contributed by atoms with Crippen molar-refractivity contribution in [2.24, 2.45) is 0 Å². The Hall–Kier alpha value is -2.68. The molecule has 1 unspecified atom stereocenters. The van der Waals surface area contributed by atoms with Gasteiger partial charge in [-0.15, -0.1) is 0 Å². The number of benzene rings is 1. The number of ether oxygens (including phenoxy) is 3. The van der Waals surface area contributed by atoms with Crippen LogP contribution in [0.15, 0.2) is 18.2 Å². The number of nitro benzene ring substituents is 1. The number of hydrogen-bond acceptors (Lipinski definition) is 7. The number of fused-ring (bicyclic) bond motifs is 1. The zero-order valence-electron chi connectivity index (χ0n) is 15.5. The molecule has 0 fully saturated rings. The van der Waals surface area contributed by atoms with Gasteiger partial charge < -0.3 is 14.2 Å². The number of unbranched alkanes of at least 4 members (excludes halogenated alkanes) is 1. The van der Waals surface area contributed by atoms with Gasteiger partial charge in [0, 0.05) is 18.7 Å². The number of nitro groups is 1. The Morgan fingerprint density at radius 1 is 1.30 bits per heavy atom. The molecule has 1 aliphatic rings. The molecule has 1 heterocycles. The summed E-state index contributed by atoms with van der Waals surface area (Å²) in [5.74, 6) is -0.721. The molecule has 0 saturated heterocycles. The molecular weight excluding hydrogens is 356 g/mol. The summed E-state index contributed by atoms with van der Waals surface area (Å²) < 4.78 is 16.0. The minimum atomic E-state index is -0.746. The van der Waals surface area contributed by atoms with Gasteiger partial charge in [0.15, 0.2) is 6.10 Å². The first-order chi connectivity index (χ1) is 13.0. The first kappa shape index (κ1) is 20.6. The molecule has 2 rings (SSSR count). The van der Waals surface area contributed by atoms with Crippen molar-refractivity contribution in [2.75, 3.05) is 31.3 Å². The van der Waals surface area contributed by atoms with Gasteiger partial charge in [0.1, 0.15) is 18.9 Å². The fourth-order valence-corrected chi connectivity index (χ4v) is 2.58. The Bertz CT molecular complexity index is 692. The molecular formula is C18H24N2O7. The van der Waals surface area contributed by atoms with Crippen molar-refractivity contribution >= 4 is 23.3 Å². The van der Waals surface area contributed by atoms with E-state index in [1.54, 1.807) is 6.92 Å². The van der Waals surface area contributed by atoms with Crippen LogP contribution in [0.2, 0.25) is 0 Å². The van der Waals surface area contributed by atoms with E-state index < -0.39 is 22.9 Å². The summed E-state index contributed by atoms with van der Waals surface area (Å²) in [4.78, 5) is 36.3. The van der Waals surface area contributed by atoms with E-state index in [1.165, 1.54) is 23.1 Å². The van der Waals surface area contributed by atoms with Crippen LogP contribution in [-0.2, 0) is 19.1 Å². The maximum Gasteiger partial charge on any atom is 0.326 e. The Labute approximate surface area is 157 Å². The Kier molecular flexibility index (Phi) is 7.54. The zero-order chi connectivity index (χ0) is 19.8. The van der Waals surface area contributed by atoms with Gasteiger partial charge in [-0.1, -0.05) is 20.3 Å². The van der Waals surface area contributed by atoms with Crippen molar-refractivity contribution in [3.05, 3.63) is 28.3 Å². The topological polar surface area (TPSA) is 108 Å². The lowest BCUT2D eigenvalue weighted by molar-refractivity contribution is -0.384. The molecule has 0 aliphatic carbocycles. The van der Waals surface area contributed by atoms with Crippen LogP contribution in [0.3, 0.4) is 0 Å². The highest BCUT2D eigenvalue weighted by molar-refractivity contribution is 6.03. The summed E-state index contributed by atoms with van der Waals surface area (Å²) in [6.07, 6.45) is 1.61. The van der Waals surface area contributed by atoms with Crippen molar-refractivity contribution in [2.45, 2.75) is 39.2 Å². The molecule has 1 amide bonds. The third-order valence-electron chi connectivity index (χ3n) is 4.05. The second-order valence-electron chi connectivity index (χ2n) is 6.03. The third-order valence-corrected chi connectivity index (χ3v) is 4.05. The molecule has 1 aliphatic heterocycles. The normalized spacial score (nSPS) is 15.9. The van der Waals surface area contributed by atoms with Crippen molar-refractivity contribution in [3.63, 3.8) is 0 Å². The maximum absolute atomic E-state index is 12.6. The highest BCUT2D eigenvalue weighted by Gasteiger charge is 2.35. The smallest absolute Gasteiger partial charge is 0.326 e. The minimum Gasteiger partial charge on any atom is -0.478 e. The van der Waals surface area contributed by atoms with E-state index in [9.17, 15) is 19.7 Å². The lowest BCUT2D eigenvalue weighted by atomic mass is 10.1. The van der Waals surface area contributed by atoms with Crippen molar-refractivity contribution in [3.8, 4) is 5.75 Å². The van der Waals surface area contributed by atoms with Gasteiger partial charge in [-0.25, -0.2) is 0 Å². The highest BCUT2D eigenvalue weighted by Crippen LogP contribution is 2.37. The summed E-state index contributed by atoms with van der Waals surface area (Å²) in [6.45, 7) is 4.45. The van der Waals surface area contributed by atoms with Gasteiger partial charge in [0.05, 0.1) is 17.2 Å². The van der Waals surface area contributed by atoms with Crippen LogP contribution in [0.25, 0.3) is 0 Å². The summed E-state index contributed by atoms with van der Waals surface area (Å²) in [5.41, 5.74) is -0.00200. The highest BCUT2D eigenvalue weighted by atomic mass is 16.6. The van der Waals surface area contributed by atoms with Gasteiger partial charge in [0.25, 0.3) is 11.6 Å². The van der Waals surface area contributed by atoms with Crippen LogP contribution in [-0.4, -0.2) is 49.3 Å². The van der Waals surface area contributed by atoms with E-state index in [0.29, 0.717) is 18.8 Å². The quantitative estimate of drug-likeness (QED) is 0.265. The third kappa shape index (κ3) is 5.40. The molecule has 0 N–H and O–H groups in total. The summed E-state index contributed by atoms with van der Waals surface area (Å²) in [7, 11) is 0. The van der Waals surface area contributed by atoms with E-state index in [-0.39, 0.29) is 31.1 Å². The molecule has 0 aromatic heterocycles. The molecule has 27 heavy (non-hydrogen) atoms. The number of anilines is 1. The molecule has 1 aromatic carbocycles. The lowest BCUT2D eigenvalue weighted by Gasteiger charge is -2.33. The predicted octanol–water partition coefficient (Wildman–Crippen LogP) is 2.46. The number of non-ortho nitro benzene ring substituents is 1. The zero-order valence-corrected chi connectivity index (χ0v) is 15.5. The molecule has 0 radical (unpaired) electrons. The fraction of sp³-hybridized carbons (Fsp3) is 0.556. The maximum atomic E-state index is 12.6.